The fraction of sp³-hybridized carbons (Fsp3) is 0.548. The van der Waals surface area contributed by atoms with Gasteiger partial charge in [0.15, 0.2) is 12.2 Å². The van der Waals surface area contributed by atoms with E-state index in [0.717, 1.165) is 180 Å². The molecule has 628 valence electrons. The number of carbonyl (C=O) groups excluding carboxylic acids is 4. The summed E-state index contributed by atoms with van der Waals surface area (Å²) in [4.78, 5) is 73.2. The summed E-state index contributed by atoms with van der Waals surface area (Å²) < 4.78 is 68.6. The van der Waals surface area contributed by atoms with Crippen molar-refractivity contribution in [3.63, 3.8) is 0 Å². The predicted octanol–water partition coefficient (Wildman–Crippen LogP) is 25.0. The van der Waals surface area contributed by atoms with Crippen molar-refractivity contribution in [3.8, 4) is 0 Å². The molecule has 5 unspecified atom stereocenters. The van der Waals surface area contributed by atoms with E-state index < -0.39 is 97.5 Å². The minimum Gasteiger partial charge on any atom is -0.462 e. The van der Waals surface area contributed by atoms with Crippen molar-refractivity contribution in [2.45, 2.75) is 290 Å². The monoisotopic (exact) mass is 1590 g/mol. The summed E-state index contributed by atoms with van der Waals surface area (Å²) in [6.45, 7) is 4.18. The lowest BCUT2D eigenvalue weighted by Crippen LogP contribution is -2.30. The number of phosphoric acid groups is 2. The molecule has 0 saturated carbocycles. The molecule has 5 atom stereocenters. The van der Waals surface area contributed by atoms with Crippen molar-refractivity contribution >= 4 is 39.5 Å². The lowest BCUT2D eigenvalue weighted by atomic mass is 10.1. The van der Waals surface area contributed by atoms with Gasteiger partial charge in [-0.25, -0.2) is 9.13 Å². The molecule has 19 heteroatoms. The number of hydrogen-bond donors (Lipinski definition) is 3. The molecule has 0 heterocycles. The van der Waals surface area contributed by atoms with Crippen LogP contribution >= 0.6 is 15.6 Å². The molecule has 0 saturated heterocycles. The summed E-state index contributed by atoms with van der Waals surface area (Å²) >= 11 is 0. The predicted molar refractivity (Wildman–Crippen MR) is 463 cm³/mol. The summed E-state index contributed by atoms with van der Waals surface area (Å²) in [5.41, 5.74) is 0. The van der Waals surface area contributed by atoms with Crippen LogP contribution < -0.4 is 0 Å². The second-order valence-corrected chi connectivity index (χ2v) is 29.4. The van der Waals surface area contributed by atoms with E-state index in [1.54, 1.807) is 0 Å². The fourth-order valence-corrected chi connectivity index (χ4v) is 11.6. The van der Waals surface area contributed by atoms with E-state index in [1.807, 2.05) is 36.5 Å². The topological polar surface area (TPSA) is 237 Å². The second-order valence-electron chi connectivity index (χ2n) is 26.5. The van der Waals surface area contributed by atoms with E-state index >= 15 is 0 Å². The molecular formula is C93H144O17P2. The van der Waals surface area contributed by atoms with Crippen molar-refractivity contribution in [2.24, 2.45) is 0 Å². The van der Waals surface area contributed by atoms with Gasteiger partial charge in [-0.15, -0.1) is 0 Å². The number of ether oxygens (including phenoxy) is 4. The van der Waals surface area contributed by atoms with Crippen LogP contribution in [0.5, 0.6) is 0 Å². The Kier molecular flexibility index (Phi) is 77.1. The summed E-state index contributed by atoms with van der Waals surface area (Å²) in [7, 11) is -10.0. The number of unbranched alkanes of at least 4 members (excludes halogenated alkanes) is 11. The van der Waals surface area contributed by atoms with Crippen LogP contribution in [0, 0.1) is 0 Å². The molecule has 0 aliphatic carbocycles. The highest BCUT2D eigenvalue weighted by molar-refractivity contribution is 7.47. The van der Waals surface area contributed by atoms with Gasteiger partial charge in [-0.05, 0) is 173 Å². The Morgan fingerprint density at radius 2 is 0.455 bits per heavy atom. The van der Waals surface area contributed by atoms with Crippen LogP contribution in [-0.2, 0) is 65.4 Å². The van der Waals surface area contributed by atoms with Crippen LogP contribution in [0.15, 0.2) is 231 Å². The molecule has 3 N–H and O–H groups in total. The molecular weight excluding hydrogens is 1450 g/mol. The van der Waals surface area contributed by atoms with Gasteiger partial charge in [0.2, 0.25) is 0 Å². The van der Waals surface area contributed by atoms with E-state index in [0.29, 0.717) is 38.5 Å². The van der Waals surface area contributed by atoms with Crippen LogP contribution in [-0.4, -0.2) is 96.7 Å². The number of carbonyl (C=O) groups is 4. The van der Waals surface area contributed by atoms with Gasteiger partial charge in [-0.1, -0.05) is 304 Å². The Balaban J connectivity index is 5.57. The van der Waals surface area contributed by atoms with E-state index in [-0.39, 0.29) is 25.7 Å². The third kappa shape index (κ3) is 81.1. The van der Waals surface area contributed by atoms with Crippen LogP contribution in [0.4, 0.5) is 0 Å². The zero-order valence-corrected chi connectivity index (χ0v) is 70.5. The first kappa shape index (κ1) is 105. The van der Waals surface area contributed by atoms with Crippen molar-refractivity contribution in [1.82, 2.24) is 0 Å². The van der Waals surface area contributed by atoms with Gasteiger partial charge in [-0.2, -0.15) is 0 Å². The van der Waals surface area contributed by atoms with Crippen LogP contribution in [0.3, 0.4) is 0 Å². The van der Waals surface area contributed by atoms with Crippen LogP contribution in [0.1, 0.15) is 272 Å². The number of aliphatic hydroxyl groups is 1. The molecule has 0 amide bonds. The number of phosphoric ester groups is 2. The van der Waals surface area contributed by atoms with Crippen molar-refractivity contribution in [2.75, 3.05) is 39.6 Å². The fourth-order valence-electron chi connectivity index (χ4n) is 9.98. The summed E-state index contributed by atoms with van der Waals surface area (Å²) in [5.74, 6) is -2.43. The van der Waals surface area contributed by atoms with Gasteiger partial charge in [0, 0.05) is 25.7 Å². The zero-order valence-electron chi connectivity index (χ0n) is 68.7. The lowest BCUT2D eigenvalue weighted by Gasteiger charge is -2.21. The third-order valence-electron chi connectivity index (χ3n) is 16.1. The number of esters is 4. The first-order chi connectivity index (χ1) is 54.7. The molecule has 17 nitrogen and oxygen atoms in total. The third-order valence-corrected chi connectivity index (χ3v) is 18.0. The molecule has 0 spiro atoms. The SMILES string of the molecule is CC/C=C\C/C=C\C/C=C\C/C=C\C/C=C\C/C=C\CCC(=O)OCC(COP(=O)(O)OCC(O)COP(=O)(O)OCC(COC(=O)CCCCCCCC/C=C\C/C=C\C/C=C\C/C=C\CC)OC(=O)CCCCCCC/C=C\C/C=C\C/C=C\CC)OC(=O)CC/C=C\C/C=C\C/C=C\C/C=C\C/C=C\C/C=C\CC. The first-order valence-corrected chi connectivity index (χ1v) is 44.6. The summed E-state index contributed by atoms with van der Waals surface area (Å²) in [6, 6.07) is 0. The zero-order chi connectivity index (χ0) is 81.7. The molecule has 0 rings (SSSR count). The smallest absolute Gasteiger partial charge is 0.462 e. The largest absolute Gasteiger partial charge is 0.472 e. The van der Waals surface area contributed by atoms with Gasteiger partial charge < -0.3 is 33.8 Å². The average molecular weight is 1600 g/mol. The summed E-state index contributed by atoms with van der Waals surface area (Å²) in [6.07, 6.45) is 106. The molecule has 0 radical (unpaired) electrons. The Hall–Kier alpha value is -6.88. The normalized spacial score (nSPS) is 15.0. The van der Waals surface area contributed by atoms with E-state index in [4.69, 9.17) is 37.0 Å². The number of rotatable bonds is 75. The number of allylic oxidation sites excluding steroid dienone is 38. The molecule has 0 bridgehead atoms. The van der Waals surface area contributed by atoms with Gasteiger partial charge in [0.05, 0.1) is 26.4 Å². The van der Waals surface area contributed by atoms with E-state index in [1.165, 1.54) is 0 Å². The quantitative estimate of drug-likeness (QED) is 0.0169. The Labute approximate surface area is 676 Å². The standard InChI is InChI=1S/C93H144O17P2/c1-5-9-13-17-21-25-29-33-37-40-43-46-50-53-57-61-65-69-73-77-90(95)103-83-88(109-92(97)79-75-71-67-63-59-55-49-36-32-28-24-20-16-12-8-4)85-107-111(99,100)105-81-87(94)82-106-112(101,102)108-86-89(110-93(98)80-76-72-68-64-60-56-52-48-45-42-39-35-31-27-23-19-15-11-7-3)84-104-91(96)78-74-70-66-62-58-54-51-47-44-41-38-34-30-26-22-18-14-10-6-2/h9-16,21-28,33-39,43-49,54,56,58,60,66,68,70,72,87-89,94H,5-8,17-20,29-32,40-42,50-53,55,57,59,61-65,67,69,71,73-86H2,1-4H3,(H,99,100)(H,101,102)/b13-9-,14-10-,15-11-,16-12-,25-21-,26-22-,27-23-,28-24-,37-33-,38-34-,39-35-,46-43-,47-44-,48-45-,49-36-,58-54-,60-56-,70-66-,72-68-. The lowest BCUT2D eigenvalue weighted by molar-refractivity contribution is -0.161. The highest BCUT2D eigenvalue weighted by atomic mass is 31.2. The maximum atomic E-state index is 13.1. The number of hydrogen-bond acceptors (Lipinski definition) is 15. The number of aliphatic hydroxyl groups excluding tert-OH is 1. The molecule has 0 aromatic carbocycles. The van der Waals surface area contributed by atoms with Crippen molar-refractivity contribution in [3.05, 3.63) is 231 Å². The molecule has 0 aromatic rings. The van der Waals surface area contributed by atoms with E-state index in [9.17, 15) is 43.2 Å². The highest BCUT2D eigenvalue weighted by Crippen LogP contribution is 2.45. The maximum absolute atomic E-state index is 13.1. The highest BCUT2D eigenvalue weighted by Gasteiger charge is 2.30. The average Bonchev–Trinajstić information content (AvgIpc) is 0.898. The van der Waals surface area contributed by atoms with Crippen LogP contribution in [0.2, 0.25) is 0 Å². The van der Waals surface area contributed by atoms with E-state index in [2.05, 4.69) is 222 Å². The maximum Gasteiger partial charge on any atom is 0.472 e. The molecule has 0 aliphatic heterocycles. The van der Waals surface area contributed by atoms with Gasteiger partial charge in [0.1, 0.15) is 19.3 Å². The Bertz CT molecular complexity index is 3040. The first-order valence-electron chi connectivity index (χ1n) is 41.6. The van der Waals surface area contributed by atoms with Gasteiger partial charge in [-0.3, -0.25) is 37.3 Å². The molecule has 112 heavy (non-hydrogen) atoms. The second kappa shape index (κ2) is 82.1. The summed E-state index contributed by atoms with van der Waals surface area (Å²) in [5, 5.41) is 10.7. The van der Waals surface area contributed by atoms with Crippen molar-refractivity contribution < 1.29 is 80.2 Å². The van der Waals surface area contributed by atoms with Crippen molar-refractivity contribution in [1.29, 1.82) is 0 Å². The minimum absolute atomic E-state index is 0.00953. The van der Waals surface area contributed by atoms with Gasteiger partial charge in [0.25, 0.3) is 0 Å². The minimum atomic E-state index is -5.03. The van der Waals surface area contributed by atoms with Gasteiger partial charge >= 0.3 is 39.5 Å². The Morgan fingerprint density at radius 3 is 0.741 bits per heavy atom. The van der Waals surface area contributed by atoms with Crippen LogP contribution in [0.25, 0.3) is 0 Å². The molecule has 0 aromatic heterocycles. The molecule has 0 aliphatic rings. The molecule has 0 fully saturated rings. The Morgan fingerprint density at radius 1 is 0.250 bits per heavy atom.